The molecule has 1 amide bonds. The maximum atomic E-state index is 12.3. The number of pyridine rings is 1. The van der Waals surface area contributed by atoms with Crippen LogP contribution in [-0.4, -0.2) is 65.5 Å². The van der Waals surface area contributed by atoms with Crippen molar-refractivity contribution in [2.75, 3.05) is 42.1 Å². The minimum Gasteiger partial charge on any atom is -0.353 e. The van der Waals surface area contributed by atoms with E-state index in [4.69, 9.17) is 0 Å². The van der Waals surface area contributed by atoms with Crippen LogP contribution in [0.5, 0.6) is 0 Å². The summed E-state index contributed by atoms with van der Waals surface area (Å²) >= 11 is 0. The van der Waals surface area contributed by atoms with E-state index in [1.165, 1.54) is 10.5 Å². The van der Waals surface area contributed by atoms with Gasteiger partial charge in [0.2, 0.25) is 10.0 Å². The molecule has 0 radical (unpaired) electrons. The Morgan fingerprint density at radius 2 is 1.96 bits per heavy atom. The number of carbonyl (C=O) groups excluding carboxylic acids is 1. The lowest BCUT2D eigenvalue weighted by atomic mass is 10.3. The summed E-state index contributed by atoms with van der Waals surface area (Å²) in [5.74, 6) is 0.753. The molecule has 1 aliphatic rings. The number of anilines is 2. The van der Waals surface area contributed by atoms with Gasteiger partial charge >= 0.3 is 0 Å². The van der Waals surface area contributed by atoms with Crippen molar-refractivity contribution in [2.24, 2.45) is 0 Å². The number of hydrogen-bond donors (Lipinski definition) is 1. The van der Waals surface area contributed by atoms with E-state index in [-0.39, 0.29) is 11.4 Å². The lowest BCUT2D eigenvalue weighted by molar-refractivity contribution is 0.102. The van der Waals surface area contributed by atoms with Crippen LogP contribution in [-0.2, 0) is 10.0 Å². The third-order valence-corrected chi connectivity index (χ3v) is 6.26. The van der Waals surface area contributed by atoms with Crippen LogP contribution in [0.1, 0.15) is 23.8 Å². The molecule has 144 valence electrons. The first-order valence-electron chi connectivity index (χ1n) is 8.77. The Hall–Kier alpha value is -2.59. The molecule has 1 N–H and O–H groups in total. The number of nitrogens with zero attached hydrogens (tertiary/aromatic N) is 5. The number of aromatic nitrogens is 3. The van der Waals surface area contributed by atoms with Gasteiger partial charge in [-0.05, 0) is 18.6 Å². The van der Waals surface area contributed by atoms with Crippen molar-refractivity contribution >= 4 is 27.6 Å². The van der Waals surface area contributed by atoms with Crippen molar-refractivity contribution in [3.05, 3.63) is 42.5 Å². The number of sulfonamides is 1. The topological polar surface area (TPSA) is 108 Å². The lowest BCUT2D eigenvalue weighted by Crippen LogP contribution is -2.49. The fourth-order valence-electron chi connectivity index (χ4n) is 2.82. The zero-order chi connectivity index (χ0) is 19.3. The summed E-state index contributed by atoms with van der Waals surface area (Å²) in [7, 11) is -3.20. The van der Waals surface area contributed by atoms with Gasteiger partial charge in [-0.3, -0.25) is 9.78 Å². The molecule has 0 unspecified atom stereocenters. The van der Waals surface area contributed by atoms with E-state index in [1.54, 1.807) is 30.6 Å². The van der Waals surface area contributed by atoms with Gasteiger partial charge in [-0.15, -0.1) is 0 Å². The molecule has 0 aromatic carbocycles. The van der Waals surface area contributed by atoms with Crippen LogP contribution in [0.25, 0.3) is 0 Å². The highest BCUT2D eigenvalue weighted by Crippen LogP contribution is 2.16. The molecule has 0 atom stereocenters. The van der Waals surface area contributed by atoms with E-state index < -0.39 is 15.9 Å². The fraction of sp³-hybridized carbons (Fsp3) is 0.412. The summed E-state index contributed by atoms with van der Waals surface area (Å²) in [6, 6.07) is 5.22. The highest BCUT2D eigenvalue weighted by Gasteiger charge is 2.27. The zero-order valence-electron chi connectivity index (χ0n) is 15.1. The molecule has 1 saturated heterocycles. The van der Waals surface area contributed by atoms with Gasteiger partial charge in [-0.1, -0.05) is 13.0 Å². The second kappa shape index (κ2) is 8.40. The van der Waals surface area contributed by atoms with Crippen molar-refractivity contribution in [2.45, 2.75) is 13.3 Å². The third kappa shape index (κ3) is 4.77. The van der Waals surface area contributed by atoms with Crippen LogP contribution in [0.4, 0.5) is 11.6 Å². The first-order valence-corrected chi connectivity index (χ1v) is 10.4. The molecule has 0 saturated carbocycles. The molecule has 3 rings (SSSR count). The largest absolute Gasteiger partial charge is 0.353 e. The normalized spacial score (nSPS) is 15.5. The van der Waals surface area contributed by atoms with Crippen molar-refractivity contribution in [3.8, 4) is 0 Å². The van der Waals surface area contributed by atoms with Crippen molar-refractivity contribution < 1.29 is 13.2 Å². The predicted octanol–water partition coefficient (Wildman–Crippen LogP) is 0.986. The Morgan fingerprint density at radius 1 is 1.19 bits per heavy atom. The van der Waals surface area contributed by atoms with E-state index in [0.717, 1.165) is 0 Å². The quantitative estimate of drug-likeness (QED) is 0.783. The maximum absolute atomic E-state index is 12.3. The average Bonchev–Trinajstić information content (AvgIpc) is 2.69. The number of amides is 1. The SMILES string of the molecule is CCCS(=O)(=O)N1CCN(c2cncc(C(=O)Nc3ccccn3)n2)CC1. The molecule has 2 aromatic rings. The van der Waals surface area contributed by atoms with Crippen LogP contribution in [0, 0.1) is 0 Å². The Labute approximate surface area is 158 Å². The Bertz CT molecular complexity index is 883. The van der Waals surface area contributed by atoms with Crippen molar-refractivity contribution in [3.63, 3.8) is 0 Å². The standard InChI is InChI=1S/C17H22N6O3S/c1-2-11-27(25,26)23-9-7-22(8-10-23)16-13-18-12-14(20-16)17(24)21-15-5-3-4-6-19-15/h3-6,12-13H,2,7-11H2,1H3,(H,19,21,24). The molecule has 1 fully saturated rings. The summed E-state index contributed by atoms with van der Waals surface area (Å²) < 4.78 is 25.8. The van der Waals surface area contributed by atoms with E-state index in [9.17, 15) is 13.2 Å². The van der Waals surface area contributed by atoms with Crippen LogP contribution >= 0.6 is 0 Å². The van der Waals surface area contributed by atoms with Crippen LogP contribution in [0.15, 0.2) is 36.8 Å². The molecule has 10 heteroatoms. The van der Waals surface area contributed by atoms with Gasteiger partial charge in [0.25, 0.3) is 5.91 Å². The van der Waals surface area contributed by atoms with Gasteiger partial charge in [-0.25, -0.2) is 18.4 Å². The molecular formula is C17H22N6O3S. The summed E-state index contributed by atoms with van der Waals surface area (Å²) in [6.45, 7) is 3.65. The predicted molar refractivity (Wildman–Crippen MR) is 102 cm³/mol. The minimum absolute atomic E-state index is 0.163. The third-order valence-electron chi connectivity index (χ3n) is 4.18. The molecule has 1 aliphatic heterocycles. The highest BCUT2D eigenvalue weighted by molar-refractivity contribution is 7.89. The molecule has 0 spiro atoms. The zero-order valence-corrected chi connectivity index (χ0v) is 15.9. The fourth-order valence-corrected chi connectivity index (χ4v) is 4.31. The molecule has 27 heavy (non-hydrogen) atoms. The van der Waals surface area contributed by atoms with Gasteiger partial charge in [0.05, 0.1) is 18.1 Å². The molecule has 3 heterocycles. The molecule has 0 aliphatic carbocycles. The number of hydrogen-bond acceptors (Lipinski definition) is 7. The van der Waals surface area contributed by atoms with E-state index in [2.05, 4.69) is 20.3 Å². The summed E-state index contributed by atoms with van der Waals surface area (Å²) in [6.07, 6.45) is 5.16. The molecule has 2 aromatic heterocycles. The number of piperazine rings is 1. The van der Waals surface area contributed by atoms with E-state index in [0.29, 0.717) is 44.2 Å². The van der Waals surface area contributed by atoms with Crippen LogP contribution in [0.2, 0.25) is 0 Å². The number of nitrogens with one attached hydrogen (secondary N) is 1. The van der Waals surface area contributed by atoms with Gasteiger partial charge in [0, 0.05) is 32.4 Å². The first-order chi connectivity index (χ1) is 13.0. The van der Waals surface area contributed by atoms with Crippen LogP contribution in [0.3, 0.4) is 0 Å². The summed E-state index contributed by atoms with van der Waals surface area (Å²) in [5.41, 5.74) is 0.180. The maximum Gasteiger partial charge on any atom is 0.277 e. The lowest BCUT2D eigenvalue weighted by Gasteiger charge is -2.34. The number of rotatable bonds is 6. The molecule has 9 nitrogen and oxygen atoms in total. The smallest absolute Gasteiger partial charge is 0.277 e. The van der Waals surface area contributed by atoms with Gasteiger partial charge in [-0.2, -0.15) is 4.31 Å². The Balaban J connectivity index is 1.65. The second-order valence-corrected chi connectivity index (χ2v) is 8.22. The summed E-state index contributed by atoms with van der Waals surface area (Å²) in [4.78, 5) is 26.8. The monoisotopic (exact) mass is 390 g/mol. The van der Waals surface area contributed by atoms with Crippen molar-refractivity contribution in [1.29, 1.82) is 0 Å². The minimum atomic E-state index is -3.20. The van der Waals surface area contributed by atoms with Gasteiger partial charge in [0.1, 0.15) is 17.3 Å². The first kappa shape index (κ1) is 19.2. The second-order valence-electron chi connectivity index (χ2n) is 6.13. The Morgan fingerprint density at radius 3 is 2.63 bits per heavy atom. The Kier molecular flexibility index (Phi) is 5.97. The summed E-state index contributed by atoms with van der Waals surface area (Å²) in [5, 5.41) is 2.67. The molecular weight excluding hydrogens is 368 g/mol. The molecule has 0 bridgehead atoms. The van der Waals surface area contributed by atoms with Crippen molar-refractivity contribution in [1.82, 2.24) is 19.3 Å². The van der Waals surface area contributed by atoms with E-state index in [1.807, 2.05) is 11.8 Å². The average molecular weight is 390 g/mol. The van der Waals surface area contributed by atoms with Gasteiger partial charge in [0.15, 0.2) is 0 Å². The van der Waals surface area contributed by atoms with Crippen LogP contribution < -0.4 is 10.2 Å². The van der Waals surface area contributed by atoms with Gasteiger partial charge < -0.3 is 10.2 Å². The van der Waals surface area contributed by atoms with E-state index >= 15 is 0 Å². The number of carbonyl (C=O) groups is 1. The highest BCUT2D eigenvalue weighted by atomic mass is 32.2.